The smallest absolute Gasteiger partial charge is 0.369 e. The molecule has 0 fully saturated rings. The molecule has 2 rings (SSSR count). The number of hydrogen-bond acceptors (Lipinski definition) is 5. The Balaban J connectivity index is 2.67. The number of rotatable bonds is 5. The molecule has 0 heterocycles. The first-order valence-corrected chi connectivity index (χ1v) is 9.90. The number of benzene rings is 2. The number of carbonyl (C=O) groups excluding carboxylic acids is 1. The second kappa shape index (κ2) is 9.26. The summed E-state index contributed by atoms with van der Waals surface area (Å²) in [4.78, 5) is 21.0. The molecule has 0 saturated heterocycles. The first-order valence-electron chi connectivity index (χ1n) is 8.29. The second-order valence-electron chi connectivity index (χ2n) is 6.35. The number of amides is 1. The molecule has 0 spiro atoms. The SMILES string of the molecule is O=C(Nc1c(Br)cc(C(O)(C(F)(F)F)C(F)(F)F)cc1SC(F)(F)F)c1cccc([N+](=O)[O-])c1. The molecule has 186 valence electrons. The zero-order valence-corrected chi connectivity index (χ0v) is 18.2. The zero-order chi connectivity index (χ0) is 26.3. The predicted molar refractivity (Wildman–Crippen MR) is 103 cm³/mol. The topological polar surface area (TPSA) is 92.5 Å². The van der Waals surface area contributed by atoms with Crippen LogP contribution >= 0.6 is 27.7 Å². The van der Waals surface area contributed by atoms with Crippen molar-refractivity contribution in [3.63, 3.8) is 0 Å². The highest BCUT2D eigenvalue weighted by atomic mass is 79.9. The monoisotopic (exact) mass is 586 g/mol. The van der Waals surface area contributed by atoms with E-state index in [1.54, 1.807) is 0 Å². The lowest BCUT2D eigenvalue weighted by atomic mass is 9.92. The van der Waals surface area contributed by atoms with Crippen LogP contribution in [0.5, 0.6) is 0 Å². The molecule has 2 N–H and O–H groups in total. The molecule has 0 aliphatic rings. The predicted octanol–water partition coefficient (Wildman–Crippen LogP) is 6.53. The summed E-state index contributed by atoms with van der Waals surface area (Å²) in [6, 6.07) is 3.63. The molecular formula is C17H8BrF9N2O4S. The number of aliphatic hydroxyl groups is 1. The number of nitrogens with one attached hydrogen (secondary N) is 1. The summed E-state index contributed by atoms with van der Waals surface area (Å²) in [5.41, 5.74) is -14.7. The van der Waals surface area contributed by atoms with Gasteiger partial charge in [0.2, 0.25) is 0 Å². The molecule has 0 atom stereocenters. The summed E-state index contributed by atoms with van der Waals surface area (Å²) in [6.07, 6.45) is -12.8. The highest BCUT2D eigenvalue weighted by Gasteiger charge is 2.71. The van der Waals surface area contributed by atoms with Gasteiger partial charge < -0.3 is 10.4 Å². The van der Waals surface area contributed by atoms with E-state index in [0.29, 0.717) is 0 Å². The molecule has 34 heavy (non-hydrogen) atoms. The van der Waals surface area contributed by atoms with Crippen LogP contribution in [0, 0.1) is 10.1 Å². The van der Waals surface area contributed by atoms with E-state index in [9.17, 15) is 59.5 Å². The van der Waals surface area contributed by atoms with Gasteiger partial charge in [-0.2, -0.15) is 39.5 Å². The Morgan fingerprint density at radius 3 is 2.03 bits per heavy atom. The molecule has 6 nitrogen and oxygen atoms in total. The standard InChI is InChI=1S/C17H8BrF9N2O4S/c18-10-5-8(14(31,15(19,20)21)16(22,23)24)6-11(34-17(25,26)27)12(10)28-13(30)7-2-1-3-9(4-7)29(32)33/h1-6,31H,(H,28,30). The van der Waals surface area contributed by atoms with Crippen LogP contribution in [0.15, 0.2) is 45.8 Å². The molecule has 0 unspecified atom stereocenters. The molecule has 0 radical (unpaired) electrons. The van der Waals surface area contributed by atoms with E-state index in [0.717, 1.165) is 24.3 Å². The fraction of sp³-hybridized carbons (Fsp3) is 0.235. The maximum absolute atomic E-state index is 13.2. The number of anilines is 1. The normalized spacial score (nSPS) is 13.0. The Labute approximate surface area is 195 Å². The summed E-state index contributed by atoms with van der Waals surface area (Å²) in [7, 11) is 0. The Kier molecular flexibility index (Phi) is 7.54. The summed E-state index contributed by atoms with van der Waals surface area (Å²) >= 11 is 1.36. The van der Waals surface area contributed by atoms with Crippen molar-refractivity contribution < 1.29 is 54.3 Å². The molecular weight excluding hydrogens is 579 g/mol. The average molecular weight is 587 g/mol. The summed E-state index contributed by atoms with van der Waals surface area (Å²) in [5, 5.41) is 22.2. The number of nitro groups is 1. The molecule has 2 aromatic carbocycles. The molecule has 1 amide bonds. The number of halogens is 10. The average Bonchev–Trinajstić information content (AvgIpc) is 2.66. The number of carbonyl (C=O) groups is 1. The maximum Gasteiger partial charge on any atom is 0.446 e. The van der Waals surface area contributed by atoms with Crippen molar-refractivity contribution in [2.75, 3.05) is 5.32 Å². The van der Waals surface area contributed by atoms with Gasteiger partial charge in [-0.1, -0.05) is 6.07 Å². The molecule has 2 aromatic rings. The van der Waals surface area contributed by atoms with Crippen LogP contribution < -0.4 is 5.32 Å². The Bertz CT molecular complexity index is 1110. The van der Waals surface area contributed by atoms with E-state index in [-0.39, 0.29) is 12.1 Å². The molecule has 0 aromatic heterocycles. The maximum atomic E-state index is 13.2. The van der Waals surface area contributed by atoms with Crippen molar-refractivity contribution in [3.05, 3.63) is 62.1 Å². The van der Waals surface area contributed by atoms with Gasteiger partial charge in [0.1, 0.15) is 0 Å². The lowest BCUT2D eigenvalue weighted by molar-refractivity contribution is -0.384. The van der Waals surface area contributed by atoms with Crippen molar-refractivity contribution in [3.8, 4) is 0 Å². The van der Waals surface area contributed by atoms with Crippen LogP contribution in [0.4, 0.5) is 50.9 Å². The summed E-state index contributed by atoms with van der Waals surface area (Å²) < 4.78 is 117. The first-order chi connectivity index (χ1) is 15.3. The summed E-state index contributed by atoms with van der Waals surface area (Å²) in [6.45, 7) is 0. The van der Waals surface area contributed by atoms with Gasteiger partial charge in [-0.3, -0.25) is 14.9 Å². The van der Waals surface area contributed by atoms with Gasteiger partial charge in [0.15, 0.2) is 0 Å². The quantitative estimate of drug-likeness (QED) is 0.180. The summed E-state index contributed by atoms with van der Waals surface area (Å²) in [5.74, 6) is -1.26. The third-order valence-corrected chi connectivity index (χ3v) is 5.47. The van der Waals surface area contributed by atoms with Gasteiger partial charge in [-0.15, -0.1) is 0 Å². The van der Waals surface area contributed by atoms with Gasteiger partial charge in [0.05, 0.1) is 10.6 Å². The second-order valence-corrected chi connectivity index (χ2v) is 8.31. The third-order valence-electron chi connectivity index (χ3n) is 4.08. The van der Waals surface area contributed by atoms with Crippen molar-refractivity contribution >= 4 is 45.0 Å². The fourth-order valence-corrected chi connectivity index (χ4v) is 3.94. The highest BCUT2D eigenvalue weighted by molar-refractivity contribution is 9.10. The van der Waals surface area contributed by atoms with Crippen molar-refractivity contribution in [2.45, 2.75) is 28.4 Å². The van der Waals surface area contributed by atoms with E-state index >= 15 is 0 Å². The van der Waals surface area contributed by atoms with Gasteiger partial charge in [0.25, 0.3) is 17.2 Å². The zero-order valence-electron chi connectivity index (χ0n) is 15.8. The number of thioether (sulfide) groups is 1. The minimum absolute atomic E-state index is 0.0461. The van der Waals surface area contributed by atoms with Crippen LogP contribution in [0.2, 0.25) is 0 Å². The fourth-order valence-electron chi connectivity index (χ4n) is 2.55. The van der Waals surface area contributed by atoms with Crippen molar-refractivity contribution in [1.29, 1.82) is 0 Å². The van der Waals surface area contributed by atoms with Gasteiger partial charge >= 0.3 is 17.9 Å². The number of hydrogen-bond donors (Lipinski definition) is 2. The van der Waals surface area contributed by atoms with Crippen LogP contribution in [0.3, 0.4) is 0 Å². The molecule has 0 aliphatic carbocycles. The van der Waals surface area contributed by atoms with Crippen molar-refractivity contribution in [2.24, 2.45) is 0 Å². The van der Waals surface area contributed by atoms with Gasteiger partial charge in [0, 0.05) is 32.6 Å². The highest BCUT2D eigenvalue weighted by Crippen LogP contribution is 2.53. The lowest BCUT2D eigenvalue weighted by Gasteiger charge is -2.33. The first kappa shape index (κ1) is 27.7. The minimum atomic E-state index is -6.38. The molecule has 0 bridgehead atoms. The van der Waals surface area contributed by atoms with Gasteiger partial charge in [-0.05, 0) is 45.9 Å². The third kappa shape index (κ3) is 5.75. The molecule has 17 heteroatoms. The van der Waals surface area contributed by atoms with Crippen LogP contribution in [0.25, 0.3) is 0 Å². The van der Waals surface area contributed by atoms with Crippen LogP contribution in [-0.4, -0.2) is 33.8 Å². The lowest BCUT2D eigenvalue weighted by Crippen LogP contribution is -2.54. The van der Waals surface area contributed by atoms with E-state index in [2.05, 4.69) is 15.9 Å². The minimum Gasteiger partial charge on any atom is -0.369 e. The van der Waals surface area contributed by atoms with Gasteiger partial charge in [-0.25, -0.2) is 0 Å². The van der Waals surface area contributed by atoms with Crippen LogP contribution in [0.1, 0.15) is 15.9 Å². The Morgan fingerprint density at radius 2 is 1.56 bits per heavy atom. The van der Waals surface area contributed by atoms with E-state index in [4.69, 9.17) is 0 Å². The van der Waals surface area contributed by atoms with Crippen molar-refractivity contribution in [1.82, 2.24) is 0 Å². The van der Waals surface area contributed by atoms with Crippen LogP contribution in [-0.2, 0) is 5.60 Å². The van der Waals surface area contributed by atoms with E-state index in [1.807, 2.05) is 5.32 Å². The van der Waals surface area contributed by atoms with E-state index < -0.39 is 77.9 Å². The Hall–Kier alpha value is -2.53. The number of nitro benzene ring substituents is 1. The largest absolute Gasteiger partial charge is 0.446 e. The number of non-ortho nitro benzene ring substituents is 1. The Morgan fingerprint density at radius 1 is 1.00 bits per heavy atom. The molecule has 0 saturated carbocycles. The van der Waals surface area contributed by atoms with E-state index in [1.165, 1.54) is 0 Å². The number of alkyl halides is 9. The number of nitrogens with zero attached hydrogens (tertiary/aromatic N) is 1. The molecule has 0 aliphatic heterocycles.